The summed E-state index contributed by atoms with van der Waals surface area (Å²) in [5.41, 5.74) is 0.913. The fourth-order valence-corrected chi connectivity index (χ4v) is 3.30. The highest BCUT2D eigenvalue weighted by atomic mass is 32.2. The Morgan fingerprint density at radius 3 is 2.15 bits per heavy atom. The maximum atomic E-state index is 13.7. The van der Waals surface area contributed by atoms with Crippen LogP contribution in [0.25, 0.3) is 11.4 Å². The minimum Gasteiger partial charge on any atom is -0.305 e. The van der Waals surface area contributed by atoms with Crippen LogP contribution in [0.3, 0.4) is 0 Å². The zero-order valence-electron chi connectivity index (χ0n) is 13.7. The number of thioether (sulfide) groups is 1. The molecule has 0 amide bonds. The minimum atomic E-state index is -2.17. The van der Waals surface area contributed by atoms with Crippen molar-refractivity contribution in [2.75, 3.05) is 0 Å². The van der Waals surface area contributed by atoms with Crippen molar-refractivity contribution in [3.8, 4) is 11.4 Å². The van der Waals surface area contributed by atoms with Crippen molar-refractivity contribution < 1.29 is 22.0 Å². The van der Waals surface area contributed by atoms with Crippen LogP contribution >= 0.6 is 11.8 Å². The Bertz CT molecular complexity index is 958. The second-order valence-corrected chi connectivity index (χ2v) is 6.51. The van der Waals surface area contributed by atoms with Gasteiger partial charge >= 0.3 is 0 Å². The first-order valence-electron chi connectivity index (χ1n) is 7.40. The lowest BCUT2D eigenvalue weighted by atomic mass is 10.1. The van der Waals surface area contributed by atoms with Gasteiger partial charge in [0.15, 0.2) is 34.2 Å². The second kappa shape index (κ2) is 7.06. The Hall–Kier alpha value is -2.42. The quantitative estimate of drug-likeness (QED) is 0.280. The molecule has 0 atom stereocenters. The third-order valence-corrected chi connectivity index (χ3v) is 4.80. The molecule has 26 heavy (non-hydrogen) atoms. The van der Waals surface area contributed by atoms with Gasteiger partial charge in [0.25, 0.3) is 0 Å². The highest BCUT2D eigenvalue weighted by Gasteiger charge is 2.26. The summed E-state index contributed by atoms with van der Waals surface area (Å²) in [4.78, 5) is 0. The van der Waals surface area contributed by atoms with Crippen LogP contribution < -0.4 is 0 Å². The van der Waals surface area contributed by atoms with E-state index in [1.807, 2.05) is 31.2 Å². The normalized spacial score (nSPS) is 11.2. The van der Waals surface area contributed by atoms with Gasteiger partial charge in [-0.25, -0.2) is 22.0 Å². The van der Waals surface area contributed by atoms with Gasteiger partial charge in [-0.1, -0.05) is 35.5 Å². The summed E-state index contributed by atoms with van der Waals surface area (Å²) in [6.07, 6.45) is 0. The molecule has 9 heteroatoms. The number of hydrogen-bond donors (Lipinski definition) is 0. The zero-order chi connectivity index (χ0) is 19.0. The number of aryl methyl sites for hydroxylation is 1. The number of aromatic nitrogens is 3. The summed E-state index contributed by atoms with van der Waals surface area (Å²) in [5, 5.41) is 8.24. The van der Waals surface area contributed by atoms with Gasteiger partial charge in [0.1, 0.15) is 0 Å². The molecule has 3 rings (SSSR count). The first-order valence-corrected chi connectivity index (χ1v) is 8.39. The van der Waals surface area contributed by atoms with Crippen molar-refractivity contribution in [2.24, 2.45) is 7.05 Å². The molecule has 0 aliphatic carbocycles. The molecule has 0 aliphatic heterocycles. The SMILES string of the molecule is Cc1cccc(-c2nnc(SCc3c(F)c(F)c(F)c(F)c3F)n2C)c1. The molecule has 0 aliphatic rings. The molecule has 0 saturated heterocycles. The van der Waals surface area contributed by atoms with Crippen LogP contribution in [0.5, 0.6) is 0 Å². The molecular formula is C17H12F5N3S. The molecule has 0 bridgehead atoms. The summed E-state index contributed by atoms with van der Waals surface area (Å²) in [5.74, 6) is -9.73. The van der Waals surface area contributed by atoms with E-state index in [1.54, 1.807) is 11.6 Å². The molecule has 3 aromatic rings. The van der Waals surface area contributed by atoms with Gasteiger partial charge < -0.3 is 4.57 Å². The van der Waals surface area contributed by atoms with Gasteiger partial charge in [-0.15, -0.1) is 10.2 Å². The number of halogens is 5. The van der Waals surface area contributed by atoms with Gasteiger partial charge in [0.2, 0.25) is 5.82 Å². The number of benzene rings is 2. The highest BCUT2D eigenvalue weighted by molar-refractivity contribution is 7.98. The van der Waals surface area contributed by atoms with Gasteiger partial charge in [-0.3, -0.25) is 0 Å². The lowest BCUT2D eigenvalue weighted by molar-refractivity contribution is 0.372. The van der Waals surface area contributed by atoms with Crippen LogP contribution in [0.15, 0.2) is 29.4 Å². The summed E-state index contributed by atoms with van der Waals surface area (Å²) in [6, 6.07) is 7.48. The summed E-state index contributed by atoms with van der Waals surface area (Å²) >= 11 is 0.825. The molecule has 0 spiro atoms. The third kappa shape index (κ3) is 3.18. The molecule has 0 saturated carbocycles. The first-order chi connectivity index (χ1) is 12.3. The Kier molecular flexibility index (Phi) is 4.99. The van der Waals surface area contributed by atoms with E-state index in [0.717, 1.165) is 22.9 Å². The van der Waals surface area contributed by atoms with Crippen molar-refractivity contribution in [3.63, 3.8) is 0 Å². The summed E-state index contributed by atoms with van der Waals surface area (Å²) in [7, 11) is 1.65. The minimum absolute atomic E-state index is 0.283. The van der Waals surface area contributed by atoms with Crippen molar-refractivity contribution >= 4 is 11.8 Å². The van der Waals surface area contributed by atoms with Crippen LogP contribution in [0.1, 0.15) is 11.1 Å². The van der Waals surface area contributed by atoms with Crippen molar-refractivity contribution in [1.82, 2.24) is 14.8 Å². The maximum absolute atomic E-state index is 13.7. The lowest BCUT2D eigenvalue weighted by Crippen LogP contribution is -2.06. The van der Waals surface area contributed by atoms with Crippen LogP contribution in [-0.4, -0.2) is 14.8 Å². The average Bonchev–Trinajstić information content (AvgIpc) is 2.99. The van der Waals surface area contributed by atoms with E-state index in [-0.39, 0.29) is 5.16 Å². The van der Waals surface area contributed by atoms with Crippen LogP contribution in [-0.2, 0) is 12.8 Å². The lowest BCUT2D eigenvalue weighted by Gasteiger charge is -2.08. The largest absolute Gasteiger partial charge is 0.305 e. The molecular weight excluding hydrogens is 373 g/mol. The number of hydrogen-bond acceptors (Lipinski definition) is 3. The van der Waals surface area contributed by atoms with Crippen LogP contribution in [0, 0.1) is 36.0 Å². The van der Waals surface area contributed by atoms with Gasteiger partial charge in [-0.05, 0) is 13.0 Å². The molecule has 136 valence electrons. The Morgan fingerprint density at radius 2 is 1.54 bits per heavy atom. The number of nitrogens with zero attached hydrogens (tertiary/aromatic N) is 3. The van der Waals surface area contributed by atoms with Crippen molar-refractivity contribution in [1.29, 1.82) is 0 Å². The smallest absolute Gasteiger partial charge is 0.200 e. The van der Waals surface area contributed by atoms with E-state index >= 15 is 0 Å². The fraction of sp³-hybridized carbons (Fsp3) is 0.176. The predicted molar refractivity (Wildman–Crippen MR) is 87.0 cm³/mol. The fourth-order valence-electron chi connectivity index (χ4n) is 2.39. The van der Waals surface area contributed by atoms with Crippen molar-refractivity contribution in [3.05, 3.63) is 64.5 Å². The standard InChI is InChI=1S/C17H12F5N3S/c1-8-4-3-5-9(6-8)16-23-24-17(25(16)2)26-7-10-11(18)13(20)15(22)14(21)12(10)19/h3-6H,7H2,1-2H3. The van der Waals surface area contributed by atoms with E-state index in [9.17, 15) is 22.0 Å². The molecule has 1 heterocycles. The Labute approximate surface area is 149 Å². The zero-order valence-corrected chi connectivity index (χ0v) is 14.5. The predicted octanol–water partition coefficient (Wildman–Crippen LogP) is 4.78. The highest BCUT2D eigenvalue weighted by Crippen LogP contribution is 2.30. The van der Waals surface area contributed by atoms with E-state index in [0.29, 0.717) is 5.82 Å². The number of rotatable bonds is 4. The maximum Gasteiger partial charge on any atom is 0.200 e. The topological polar surface area (TPSA) is 30.7 Å². The van der Waals surface area contributed by atoms with Crippen LogP contribution in [0.2, 0.25) is 0 Å². The molecule has 0 radical (unpaired) electrons. The van der Waals surface area contributed by atoms with E-state index < -0.39 is 40.4 Å². The second-order valence-electron chi connectivity index (χ2n) is 5.57. The van der Waals surface area contributed by atoms with E-state index in [2.05, 4.69) is 10.2 Å². The molecule has 2 aromatic carbocycles. The van der Waals surface area contributed by atoms with Gasteiger partial charge in [0, 0.05) is 23.9 Å². The first kappa shape index (κ1) is 18.4. The van der Waals surface area contributed by atoms with Crippen LogP contribution in [0.4, 0.5) is 22.0 Å². The molecule has 0 fully saturated rings. The average molecular weight is 385 g/mol. The molecule has 0 unspecified atom stereocenters. The molecule has 0 N–H and O–H groups in total. The third-order valence-electron chi connectivity index (χ3n) is 3.76. The summed E-state index contributed by atoms with van der Waals surface area (Å²) in [6.45, 7) is 1.92. The van der Waals surface area contributed by atoms with E-state index in [1.165, 1.54) is 0 Å². The molecule has 1 aromatic heterocycles. The Balaban J connectivity index is 1.89. The van der Waals surface area contributed by atoms with Gasteiger partial charge in [-0.2, -0.15) is 0 Å². The van der Waals surface area contributed by atoms with E-state index in [4.69, 9.17) is 0 Å². The Morgan fingerprint density at radius 1 is 0.923 bits per heavy atom. The molecule has 3 nitrogen and oxygen atoms in total. The summed E-state index contributed by atoms with van der Waals surface area (Å²) < 4.78 is 68.7. The van der Waals surface area contributed by atoms with Gasteiger partial charge in [0.05, 0.1) is 0 Å². The van der Waals surface area contributed by atoms with Crippen molar-refractivity contribution in [2.45, 2.75) is 17.8 Å². The monoisotopic (exact) mass is 385 g/mol.